The van der Waals surface area contributed by atoms with Gasteiger partial charge >= 0.3 is 0 Å². The first-order valence-electron chi connectivity index (χ1n) is 5.12. The van der Waals surface area contributed by atoms with Gasteiger partial charge in [0.2, 0.25) is 0 Å². The van der Waals surface area contributed by atoms with Crippen LogP contribution in [0, 0.1) is 5.92 Å². The van der Waals surface area contributed by atoms with Crippen LogP contribution in [0.3, 0.4) is 0 Å². The maximum Gasteiger partial charge on any atom is 0.145 e. The number of hydrogen-bond acceptors (Lipinski definition) is 4. The zero-order chi connectivity index (χ0) is 9.80. The van der Waals surface area contributed by atoms with Crippen molar-refractivity contribution in [2.24, 2.45) is 5.92 Å². The largest absolute Gasteiger partial charge is 0.382 e. The number of nitrogens with two attached hydrogens (primary N) is 1. The van der Waals surface area contributed by atoms with Crippen LogP contribution >= 0.6 is 0 Å². The van der Waals surface area contributed by atoms with Crippen molar-refractivity contribution < 1.29 is 0 Å². The maximum atomic E-state index is 5.74. The number of hydrogen-bond donors (Lipinski definition) is 2. The molecule has 2 heterocycles. The molecule has 1 fully saturated rings. The molecule has 0 amide bonds. The lowest BCUT2D eigenvalue weighted by Gasteiger charge is -2.22. The number of piperidine rings is 1. The van der Waals surface area contributed by atoms with E-state index in [1.807, 2.05) is 0 Å². The fraction of sp³-hybridized carbons (Fsp3) is 0.600. The van der Waals surface area contributed by atoms with E-state index in [1.54, 1.807) is 12.4 Å². The Hall–Kier alpha value is -1.16. The fourth-order valence-corrected chi connectivity index (χ4v) is 1.91. The number of aromatic nitrogens is 2. The molecule has 0 saturated carbocycles. The van der Waals surface area contributed by atoms with Crippen molar-refractivity contribution in [1.29, 1.82) is 0 Å². The molecule has 14 heavy (non-hydrogen) atoms. The van der Waals surface area contributed by atoms with Gasteiger partial charge in [-0.1, -0.05) is 0 Å². The average Bonchev–Trinajstić information content (AvgIpc) is 2.23. The predicted molar refractivity (Wildman–Crippen MR) is 55.7 cm³/mol. The summed E-state index contributed by atoms with van der Waals surface area (Å²) in [5, 5.41) is 3.39. The molecule has 1 atom stereocenters. The summed E-state index contributed by atoms with van der Waals surface area (Å²) in [6.07, 6.45) is 6.82. The average molecular weight is 192 g/mol. The number of nitrogens with zero attached hydrogens (tertiary/aromatic N) is 2. The molecular formula is C10H16N4. The molecule has 76 valence electrons. The highest BCUT2D eigenvalue weighted by Crippen LogP contribution is 2.17. The van der Waals surface area contributed by atoms with E-state index in [0.29, 0.717) is 11.7 Å². The fourth-order valence-electron chi connectivity index (χ4n) is 1.91. The van der Waals surface area contributed by atoms with Gasteiger partial charge in [-0.3, -0.25) is 4.98 Å². The maximum absolute atomic E-state index is 5.74. The van der Waals surface area contributed by atoms with Gasteiger partial charge < -0.3 is 11.1 Å². The number of rotatable bonds is 2. The van der Waals surface area contributed by atoms with Gasteiger partial charge in [-0.2, -0.15) is 0 Å². The molecule has 0 aromatic carbocycles. The van der Waals surface area contributed by atoms with E-state index < -0.39 is 0 Å². The standard InChI is InChI=1S/C10H16N4/c11-10-9(13-4-5-14-10)6-8-2-1-3-12-7-8/h4-5,8,12H,1-3,6-7H2,(H2,11,14)/t8-/m0/s1. The monoisotopic (exact) mass is 192 g/mol. The normalized spacial score (nSPS) is 22.1. The highest BCUT2D eigenvalue weighted by atomic mass is 14.9. The molecular weight excluding hydrogens is 176 g/mol. The summed E-state index contributed by atoms with van der Waals surface area (Å²) in [5.74, 6) is 1.25. The first kappa shape index (κ1) is 9.40. The summed E-state index contributed by atoms with van der Waals surface area (Å²) in [5.41, 5.74) is 6.69. The van der Waals surface area contributed by atoms with Gasteiger partial charge in [0.25, 0.3) is 0 Å². The number of nitrogens with one attached hydrogen (secondary N) is 1. The van der Waals surface area contributed by atoms with Gasteiger partial charge in [0, 0.05) is 12.4 Å². The zero-order valence-corrected chi connectivity index (χ0v) is 8.24. The lowest BCUT2D eigenvalue weighted by Crippen LogP contribution is -2.31. The van der Waals surface area contributed by atoms with Gasteiger partial charge in [0.15, 0.2) is 0 Å². The summed E-state index contributed by atoms with van der Waals surface area (Å²) in [4.78, 5) is 8.30. The SMILES string of the molecule is Nc1nccnc1C[C@@H]1CCCNC1. The molecule has 1 aromatic heterocycles. The second-order valence-corrected chi connectivity index (χ2v) is 3.80. The summed E-state index contributed by atoms with van der Waals surface area (Å²) < 4.78 is 0. The van der Waals surface area contributed by atoms with Crippen LogP contribution in [0.4, 0.5) is 5.82 Å². The van der Waals surface area contributed by atoms with E-state index in [4.69, 9.17) is 5.73 Å². The van der Waals surface area contributed by atoms with Crippen molar-refractivity contribution in [2.45, 2.75) is 19.3 Å². The smallest absolute Gasteiger partial charge is 0.145 e. The van der Waals surface area contributed by atoms with Crippen LogP contribution in [0.5, 0.6) is 0 Å². The predicted octanol–water partition coefficient (Wildman–Crippen LogP) is 0.601. The van der Waals surface area contributed by atoms with Crippen molar-refractivity contribution in [3.05, 3.63) is 18.1 Å². The molecule has 0 radical (unpaired) electrons. The third kappa shape index (κ3) is 2.20. The minimum atomic E-state index is 0.582. The van der Waals surface area contributed by atoms with Gasteiger partial charge in [-0.15, -0.1) is 0 Å². The van der Waals surface area contributed by atoms with Crippen LogP contribution in [0.2, 0.25) is 0 Å². The lowest BCUT2D eigenvalue weighted by molar-refractivity contribution is 0.373. The van der Waals surface area contributed by atoms with Crippen LogP contribution in [-0.2, 0) is 6.42 Å². The second kappa shape index (κ2) is 4.37. The molecule has 4 heteroatoms. The van der Waals surface area contributed by atoms with Crippen LogP contribution in [0.1, 0.15) is 18.5 Å². The minimum absolute atomic E-state index is 0.582. The molecule has 0 aliphatic carbocycles. The van der Waals surface area contributed by atoms with Gasteiger partial charge in [0.1, 0.15) is 5.82 Å². The highest BCUT2D eigenvalue weighted by Gasteiger charge is 2.15. The van der Waals surface area contributed by atoms with Crippen LogP contribution in [0.15, 0.2) is 12.4 Å². The first-order chi connectivity index (χ1) is 6.86. The van der Waals surface area contributed by atoms with E-state index in [9.17, 15) is 0 Å². The number of nitrogen functional groups attached to an aromatic ring is 1. The van der Waals surface area contributed by atoms with Gasteiger partial charge in [-0.05, 0) is 38.3 Å². The molecule has 1 aliphatic rings. The molecule has 1 saturated heterocycles. The summed E-state index contributed by atoms with van der Waals surface area (Å²) in [6.45, 7) is 2.22. The topological polar surface area (TPSA) is 63.8 Å². The van der Waals surface area contributed by atoms with Crippen molar-refractivity contribution in [3.63, 3.8) is 0 Å². The molecule has 3 N–H and O–H groups in total. The Kier molecular flexibility index (Phi) is 2.93. The Morgan fingerprint density at radius 2 is 2.29 bits per heavy atom. The van der Waals surface area contributed by atoms with Crippen molar-refractivity contribution in [1.82, 2.24) is 15.3 Å². The summed E-state index contributed by atoms with van der Waals surface area (Å²) in [7, 11) is 0. The lowest BCUT2D eigenvalue weighted by atomic mass is 9.94. The van der Waals surface area contributed by atoms with Gasteiger partial charge in [-0.25, -0.2) is 4.98 Å². The first-order valence-corrected chi connectivity index (χ1v) is 5.12. The minimum Gasteiger partial charge on any atom is -0.382 e. The molecule has 1 aromatic rings. The second-order valence-electron chi connectivity index (χ2n) is 3.80. The molecule has 2 rings (SSSR count). The van der Waals surface area contributed by atoms with E-state index in [2.05, 4.69) is 15.3 Å². The van der Waals surface area contributed by atoms with E-state index in [0.717, 1.165) is 25.2 Å². The Balaban J connectivity index is 1.99. The Bertz CT molecular complexity index is 294. The Labute approximate surface area is 83.9 Å². The number of anilines is 1. The molecule has 0 unspecified atom stereocenters. The van der Waals surface area contributed by atoms with Gasteiger partial charge in [0.05, 0.1) is 5.69 Å². The van der Waals surface area contributed by atoms with Crippen LogP contribution in [0.25, 0.3) is 0 Å². The summed E-state index contributed by atoms with van der Waals surface area (Å²) in [6, 6.07) is 0. The third-order valence-electron chi connectivity index (χ3n) is 2.69. The van der Waals surface area contributed by atoms with Crippen molar-refractivity contribution in [2.75, 3.05) is 18.8 Å². The molecule has 0 bridgehead atoms. The molecule has 1 aliphatic heterocycles. The molecule has 4 nitrogen and oxygen atoms in total. The van der Waals surface area contributed by atoms with E-state index in [-0.39, 0.29) is 0 Å². The highest BCUT2D eigenvalue weighted by molar-refractivity contribution is 5.33. The third-order valence-corrected chi connectivity index (χ3v) is 2.69. The zero-order valence-electron chi connectivity index (χ0n) is 8.24. The van der Waals surface area contributed by atoms with Crippen LogP contribution < -0.4 is 11.1 Å². The van der Waals surface area contributed by atoms with Crippen molar-refractivity contribution in [3.8, 4) is 0 Å². The molecule has 0 spiro atoms. The Morgan fingerprint density at radius 1 is 1.43 bits per heavy atom. The van der Waals surface area contributed by atoms with E-state index >= 15 is 0 Å². The quantitative estimate of drug-likeness (QED) is 0.720. The van der Waals surface area contributed by atoms with Crippen molar-refractivity contribution >= 4 is 5.82 Å². The Morgan fingerprint density at radius 3 is 3.00 bits per heavy atom. The summed E-state index contributed by atoms with van der Waals surface area (Å²) >= 11 is 0. The van der Waals surface area contributed by atoms with E-state index in [1.165, 1.54) is 12.8 Å². The van der Waals surface area contributed by atoms with Crippen LogP contribution in [-0.4, -0.2) is 23.1 Å².